The number of aromatic nitrogens is 5. The molecule has 1 fully saturated rings. The molecule has 2 aromatic heterocycles. The van der Waals surface area contributed by atoms with E-state index in [4.69, 9.17) is 4.74 Å². The molecule has 0 spiro atoms. The lowest BCUT2D eigenvalue weighted by molar-refractivity contribution is 0.0668. The van der Waals surface area contributed by atoms with Crippen LogP contribution >= 0.6 is 0 Å². The SMILES string of the molecule is COc1c(C(=O)N2CCC[C@@H](n3cncn3)C2)c(C)nn1C. The molecule has 0 bridgehead atoms. The van der Waals surface area contributed by atoms with Crippen LogP contribution in [0.4, 0.5) is 0 Å². The minimum absolute atomic E-state index is 0.0349. The summed E-state index contributed by atoms with van der Waals surface area (Å²) in [6.07, 6.45) is 5.16. The summed E-state index contributed by atoms with van der Waals surface area (Å²) in [5.41, 5.74) is 1.23. The molecule has 0 unspecified atom stereocenters. The number of piperidine rings is 1. The van der Waals surface area contributed by atoms with Crippen LogP contribution in [0.1, 0.15) is 34.9 Å². The molecule has 1 atom stereocenters. The molecule has 118 valence electrons. The Kier molecular flexibility index (Phi) is 3.82. The first-order valence-corrected chi connectivity index (χ1v) is 7.32. The Morgan fingerprint density at radius 3 is 2.95 bits per heavy atom. The van der Waals surface area contributed by atoms with Gasteiger partial charge in [0.25, 0.3) is 5.91 Å². The Morgan fingerprint density at radius 1 is 1.45 bits per heavy atom. The van der Waals surface area contributed by atoms with Gasteiger partial charge >= 0.3 is 0 Å². The summed E-state index contributed by atoms with van der Waals surface area (Å²) in [6.45, 7) is 3.19. The minimum Gasteiger partial charge on any atom is -0.481 e. The van der Waals surface area contributed by atoms with Gasteiger partial charge < -0.3 is 9.64 Å². The summed E-state index contributed by atoms with van der Waals surface area (Å²) in [5.74, 6) is 0.470. The lowest BCUT2D eigenvalue weighted by Gasteiger charge is -2.32. The molecule has 8 heteroatoms. The summed E-state index contributed by atoms with van der Waals surface area (Å²) in [4.78, 5) is 18.7. The molecule has 3 rings (SSSR count). The predicted octanol–water partition coefficient (Wildman–Crippen LogP) is 0.806. The first-order valence-electron chi connectivity index (χ1n) is 7.32. The number of nitrogens with zero attached hydrogens (tertiary/aromatic N) is 6. The molecule has 0 radical (unpaired) electrons. The number of carbonyl (C=O) groups is 1. The van der Waals surface area contributed by atoms with Gasteiger partial charge in [-0.25, -0.2) is 14.3 Å². The molecular weight excluding hydrogens is 284 g/mol. The van der Waals surface area contributed by atoms with Crippen molar-refractivity contribution in [2.24, 2.45) is 7.05 Å². The van der Waals surface area contributed by atoms with Crippen molar-refractivity contribution < 1.29 is 9.53 Å². The number of methoxy groups -OCH3 is 1. The Balaban J connectivity index is 1.83. The molecule has 0 N–H and O–H groups in total. The van der Waals surface area contributed by atoms with E-state index in [0.29, 0.717) is 23.7 Å². The van der Waals surface area contributed by atoms with Crippen LogP contribution in [0.3, 0.4) is 0 Å². The van der Waals surface area contributed by atoms with Crippen LogP contribution in [-0.2, 0) is 7.05 Å². The summed E-state index contributed by atoms with van der Waals surface area (Å²) >= 11 is 0. The fourth-order valence-electron chi connectivity index (χ4n) is 3.04. The van der Waals surface area contributed by atoms with Gasteiger partial charge in [-0.1, -0.05) is 0 Å². The number of hydrogen-bond acceptors (Lipinski definition) is 5. The monoisotopic (exact) mass is 304 g/mol. The van der Waals surface area contributed by atoms with Crippen LogP contribution in [0.5, 0.6) is 5.88 Å². The number of hydrogen-bond donors (Lipinski definition) is 0. The fraction of sp³-hybridized carbons (Fsp3) is 0.571. The molecule has 0 aliphatic carbocycles. The topological polar surface area (TPSA) is 78.1 Å². The maximum Gasteiger partial charge on any atom is 0.261 e. The van der Waals surface area contributed by atoms with Gasteiger partial charge in [-0.05, 0) is 19.8 Å². The number of amides is 1. The Morgan fingerprint density at radius 2 is 2.27 bits per heavy atom. The summed E-state index contributed by atoms with van der Waals surface area (Å²) < 4.78 is 8.76. The van der Waals surface area contributed by atoms with Crippen LogP contribution in [-0.4, -0.2) is 55.6 Å². The molecule has 1 aliphatic heterocycles. The Hall–Kier alpha value is -2.38. The fourth-order valence-corrected chi connectivity index (χ4v) is 3.04. The average Bonchev–Trinajstić information content (AvgIpc) is 3.14. The van der Waals surface area contributed by atoms with Gasteiger partial charge in [-0.2, -0.15) is 10.2 Å². The first kappa shape index (κ1) is 14.6. The van der Waals surface area contributed by atoms with Crippen molar-refractivity contribution in [3.63, 3.8) is 0 Å². The van der Waals surface area contributed by atoms with E-state index in [2.05, 4.69) is 15.2 Å². The van der Waals surface area contributed by atoms with E-state index in [9.17, 15) is 4.79 Å². The molecule has 0 aromatic carbocycles. The summed E-state index contributed by atoms with van der Waals surface area (Å²) in [5, 5.41) is 8.47. The average molecular weight is 304 g/mol. The minimum atomic E-state index is -0.0349. The van der Waals surface area contributed by atoms with Gasteiger partial charge in [-0.15, -0.1) is 0 Å². The quantitative estimate of drug-likeness (QED) is 0.838. The lowest BCUT2D eigenvalue weighted by atomic mass is 10.0. The zero-order valence-electron chi connectivity index (χ0n) is 13.1. The van der Waals surface area contributed by atoms with Crippen LogP contribution in [0, 0.1) is 6.92 Å². The highest BCUT2D eigenvalue weighted by atomic mass is 16.5. The number of rotatable bonds is 3. The van der Waals surface area contributed by atoms with Crippen molar-refractivity contribution in [1.82, 2.24) is 29.4 Å². The van der Waals surface area contributed by atoms with E-state index in [1.54, 1.807) is 25.2 Å². The second-order valence-electron chi connectivity index (χ2n) is 5.52. The lowest BCUT2D eigenvalue weighted by Crippen LogP contribution is -2.41. The summed E-state index contributed by atoms with van der Waals surface area (Å²) in [7, 11) is 3.33. The molecule has 1 saturated heterocycles. The third-order valence-corrected chi connectivity index (χ3v) is 4.07. The van der Waals surface area contributed by atoms with Crippen molar-refractivity contribution >= 4 is 5.91 Å². The van der Waals surface area contributed by atoms with Gasteiger partial charge in [0, 0.05) is 20.1 Å². The van der Waals surface area contributed by atoms with Crippen LogP contribution in [0.25, 0.3) is 0 Å². The second kappa shape index (κ2) is 5.78. The smallest absolute Gasteiger partial charge is 0.261 e. The van der Waals surface area contributed by atoms with Gasteiger partial charge in [0.1, 0.15) is 18.2 Å². The zero-order chi connectivity index (χ0) is 15.7. The highest BCUT2D eigenvalue weighted by Crippen LogP contribution is 2.26. The second-order valence-corrected chi connectivity index (χ2v) is 5.52. The maximum absolute atomic E-state index is 12.9. The third kappa shape index (κ3) is 2.44. The molecule has 3 heterocycles. The molecule has 1 aliphatic rings. The predicted molar refractivity (Wildman–Crippen MR) is 78.7 cm³/mol. The molecule has 2 aromatic rings. The number of likely N-dealkylation sites (tertiary alicyclic amines) is 1. The van der Waals surface area contributed by atoms with Crippen LogP contribution in [0.2, 0.25) is 0 Å². The van der Waals surface area contributed by atoms with E-state index in [1.807, 2.05) is 16.5 Å². The van der Waals surface area contributed by atoms with Gasteiger partial charge in [0.05, 0.1) is 18.8 Å². The van der Waals surface area contributed by atoms with Crippen molar-refractivity contribution in [2.45, 2.75) is 25.8 Å². The highest BCUT2D eigenvalue weighted by molar-refractivity contribution is 5.97. The van der Waals surface area contributed by atoms with E-state index < -0.39 is 0 Å². The molecular formula is C14H20N6O2. The Labute approximate surface area is 128 Å². The molecule has 0 saturated carbocycles. The van der Waals surface area contributed by atoms with E-state index >= 15 is 0 Å². The van der Waals surface area contributed by atoms with Crippen molar-refractivity contribution in [3.05, 3.63) is 23.9 Å². The van der Waals surface area contributed by atoms with Crippen LogP contribution in [0.15, 0.2) is 12.7 Å². The normalized spacial score (nSPS) is 18.5. The molecule has 22 heavy (non-hydrogen) atoms. The van der Waals surface area contributed by atoms with E-state index in [0.717, 1.165) is 19.4 Å². The highest BCUT2D eigenvalue weighted by Gasteiger charge is 2.30. The molecule has 8 nitrogen and oxygen atoms in total. The first-order chi connectivity index (χ1) is 10.6. The van der Waals surface area contributed by atoms with Crippen molar-refractivity contribution in [2.75, 3.05) is 20.2 Å². The largest absolute Gasteiger partial charge is 0.481 e. The zero-order valence-corrected chi connectivity index (χ0v) is 13.1. The van der Waals surface area contributed by atoms with Crippen LogP contribution < -0.4 is 4.74 Å². The number of carbonyl (C=O) groups excluding carboxylic acids is 1. The van der Waals surface area contributed by atoms with E-state index in [1.165, 1.54) is 6.33 Å². The Bertz CT molecular complexity index is 663. The molecule has 1 amide bonds. The van der Waals surface area contributed by atoms with Gasteiger partial charge in [-0.3, -0.25) is 4.79 Å². The maximum atomic E-state index is 12.9. The van der Waals surface area contributed by atoms with E-state index in [-0.39, 0.29) is 11.9 Å². The van der Waals surface area contributed by atoms with Crippen molar-refractivity contribution in [3.8, 4) is 5.88 Å². The standard InChI is InChI=1S/C14H20N6O2/c1-10-12(14(22-3)18(2)17-10)13(21)19-6-4-5-11(7-19)20-9-15-8-16-20/h8-9,11H,4-7H2,1-3H3/t11-/m1/s1. The van der Waals surface area contributed by atoms with Crippen molar-refractivity contribution in [1.29, 1.82) is 0 Å². The number of aryl methyl sites for hydroxylation is 2. The summed E-state index contributed by atoms with van der Waals surface area (Å²) in [6, 6.07) is 0.170. The number of ether oxygens (including phenoxy) is 1. The third-order valence-electron chi connectivity index (χ3n) is 4.07. The van der Waals surface area contributed by atoms with Gasteiger partial charge in [0.2, 0.25) is 5.88 Å². The van der Waals surface area contributed by atoms with Gasteiger partial charge in [0.15, 0.2) is 0 Å².